The van der Waals surface area contributed by atoms with E-state index in [4.69, 9.17) is 0 Å². The van der Waals surface area contributed by atoms with Gasteiger partial charge in [-0.2, -0.15) is 5.10 Å². The van der Waals surface area contributed by atoms with Crippen LogP contribution in [0.5, 0.6) is 0 Å². The van der Waals surface area contributed by atoms with Crippen molar-refractivity contribution in [2.45, 2.75) is 44.9 Å². The molecule has 1 atom stereocenters. The lowest BCUT2D eigenvalue weighted by molar-refractivity contribution is -0.160. The summed E-state index contributed by atoms with van der Waals surface area (Å²) >= 11 is 0. The van der Waals surface area contributed by atoms with Gasteiger partial charge in [-0.1, -0.05) is 29.8 Å². The second-order valence-electron chi connectivity index (χ2n) is 7.69. The minimum Gasteiger partial charge on any atom is -0.379 e. The van der Waals surface area contributed by atoms with Gasteiger partial charge < -0.3 is 10.0 Å². The maximum Gasteiger partial charge on any atom is 0.256 e. The van der Waals surface area contributed by atoms with Gasteiger partial charge in [-0.15, -0.1) is 0 Å². The lowest BCUT2D eigenvalue weighted by atomic mass is 9.90. The monoisotopic (exact) mass is 354 g/mol. The van der Waals surface area contributed by atoms with E-state index in [0.717, 1.165) is 31.5 Å². The van der Waals surface area contributed by atoms with Crippen LogP contribution < -0.4 is 0 Å². The van der Waals surface area contributed by atoms with Gasteiger partial charge in [0.25, 0.3) is 5.91 Å². The molecule has 2 N–H and O–H groups in total. The molecule has 1 aromatic carbocycles. The van der Waals surface area contributed by atoms with Gasteiger partial charge >= 0.3 is 0 Å². The number of likely N-dealkylation sites (tertiary alicyclic amines) is 1. The van der Waals surface area contributed by atoms with Gasteiger partial charge in [0.2, 0.25) is 0 Å². The molecule has 26 heavy (non-hydrogen) atoms. The number of piperidine rings is 1. The standard InChI is InChI=1S/C20H26N4O2/c1-15-4-2-5-16(10-15)12-24-8-3-7-20(26,19(24)25)14-23-9-6-18-17(13-23)11-21-22-18/h2,4-5,10-11,26H,3,6-9,12-14H2,1H3,(H,21,22). The van der Waals surface area contributed by atoms with E-state index in [1.54, 1.807) is 0 Å². The Balaban J connectivity index is 1.44. The number of nitrogens with zero attached hydrogens (tertiary/aromatic N) is 3. The molecular formula is C20H26N4O2. The first-order chi connectivity index (χ1) is 12.5. The van der Waals surface area contributed by atoms with Gasteiger partial charge in [0.15, 0.2) is 5.60 Å². The van der Waals surface area contributed by atoms with Crippen molar-refractivity contribution in [3.05, 3.63) is 52.8 Å². The normalized spacial score (nSPS) is 23.9. The second kappa shape index (κ2) is 6.85. The van der Waals surface area contributed by atoms with E-state index in [1.807, 2.05) is 23.2 Å². The summed E-state index contributed by atoms with van der Waals surface area (Å²) < 4.78 is 0. The Bertz CT molecular complexity index is 803. The number of benzene rings is 1. The molecule has 6 nitrogen and oxygen atoms in total. The van der Waals surface area contributed by atoms with Crippen LogP contribution >= 0.6 is 0 Å². The number of fused-ring (bicyclic) bond motifs is 1. The molecule has 4 rings (SSSR count). The third kappa shape index (κ3) is 3.39. The van der Waals surface area contributed by atoms with Gasteiger partial charge in [0, 0.05) is 50.4 Å². The Kier molecular flexibility index (Phi) is 4.54. The predicted molar refractivity (Wildman–Crippen MR) is 98.3 cm³/mol. The topological polar surface area (TPSA) is 72.5 Å². The summed E-state index contributed by atoms with van der Waals surface area (Å²) in [7, 11) is 0. The average Bonchev–Trinajstić information content (AvgIpc) is 3.07. The zero-order chi connectivity index (χ0) is 18.1. The number of nitrogens with one attached hydrogen (secondary N) is 1. The van der Waals surface area contributed by atoms with Crippen molar-refractivity contribution in [3.63, 3.8) is 0 Å². The summed E-state index contributed by atoms with van der Waals surface area (Å²) in [6, 6.07) is 8.21. The van der Waals surface area contributed by atoms with Gasteiger partial charge in [0.1, 0.15) is 0 Å². The van der Waals surface area contributed by atoms with E-state index in [0.29, 0.717) is 26.1 Å². The van der Waals surface area contributed by atoms with Gasteiger partial charge in [-0.05, 0) is 25.3 Å². The summed E-state index contributed by atoms with van der Waals surface area (Å²) in [5, 5.41) is 18.3. The Morgan fingerprint density at radius 1 is 1.35 bits per heavy atom. The molecule has 0 spiro atoms. The summed E-state index contributed by atoms with van der Waals surface area (Å²) in [5.74, 6) is -0.136. The van der Waals surface area contributed by atoms with Crippen LogP contribution in [0.25, 0.3) is 0 Å². The number of carbonyl (C=O) groups excluding carboxylic acids is 1. The van der Waals surface area contributed by atoms with Crippen LogP contribution in [-0.4, -0.2) is 56.2 Å². The molecule has 3 heterocycles. The van der Waals surface area contributed by atoms with Crippen LogP contribution in [0.4, 0.5) is 0 Å². The first-order valence-electron chi connectivity index (χ1n) is 9.34. The molecular weight excluding hydrogens is 328 g/mol. The fourth-order valence-corrected chi connectivity index (χ4v) is 4.18. The molecule has 1 aromatic heterocycles. The number of hydrogen-bond acceptors (Lipinski definition) is 4. The number of aromatic amines is 1. The third-order valence-corrected chi connectivity index (χ3v) is 5.52. The lowest BCUT2D eigenvalue weighted by Crippen LogP contribution is -2.58. The molecule has 0 saturated carbocycles. The van der Waals surface area contributed by atoms with Crippen LogP contribution in [0.3, 0.4) is 0 Å². The van der Waals surface area contributed by atoms with E-state index in [-0.39, 0.29) is 5.91 Å². The Morgan fingerprint density at radius 3 is 3.08 bits per heavy atom. The lowest BCUT2D eigenvalue weighted by Gasteiger charge is -2.41. The second-order valence-corrected chi connectivity index (χ2v) is 7.69. The predicted octanol–water partition coefficient (Wildman–Crippen LogP) is 1.63. The summed E-state index contributed by atoms with van der Waals surface area (Å²) in [5.41, 5.74) is 3.35. The van der Waals surface area contributed by atoms with E-state index in [9.17, 15) is 9.90 Å². The molecule has 138 valence electrons. The van der Waals surface area contributed by atoms with Gasteiger partial charge in [-0.25, -0.2) is 0 Å². The fourth-order valence-electron chi connectivity index (χ4n) is 4.18. The largest absolute Gasteiger partial charge is 0.379 e. The van der Waals surface area contributed by atoms with Crippen molar-refractivity contribution >= 4 is 5.91 Å². The van der Waals surface area contributed by atoms with Crippen LogP contribution in [0.1, 0.15) is 35.2 Å². The maximum absolute atomic E-state index is 13.0. The quantitative estimate of drug-likeness (QED) is 0.875. The molecule has 1 fully saturated rings. The molecule has 2 aromatic rings. The van der Waals surface area contributed by atoms with Crippen molar-refractivity contribution in [2.75, 3.05) is 19.6 Å². The summed E-state index contributed by atoms with van der Waals surface area (Å²) in [4.78, 5) is 17.0. The van der Waals surface area contributed by atoms with Crippen molar-refractivity contribution in [1.82, 2.24) is 20.0 Å². The smallest absolute Gasteiger partial charge is 0.256 e. The molecule has 0 bridgehead atoms. The summed E-state index contributed by atoms with van der Waals surface area (Å²) in [6.45, 7) is 5.29. The number of aliphatic hydroxyl groups is 1. The Morgan fingerprint density at radius 2 is 2.23 bits per heavy atom. The van der Waals surface area contributed by atoms with E-state index >= 15 is 0 Å². The number of carbonyl (C=O) groups is 1. The van der Waals surface area contributed by atoms with E-state index in [1.165, 1.54) is 16.8 Å². The van der Waals surface area contributed by atoms with Gasteiger partial charge in [0.05, 0.1) is 6.20 Å². The number of β-amino-alcohol motifs (C(OH)–C–C–N with tert-alkyl or cyclic N) is 1. The third-order valence-electron chi connectivity index (χ3n) is 5.52. The molecule has 0 radical (unpaired) electrons. The number of aromatic nitrogens is 2. The van der Waals surface area contributed by atoms with Crippen molar-refractivity contribution in [2.24, 2.45) is 0 Å². The fraction of sp³-hybridized carbons (Fsp3) is 0.500. The molecule has 0 aliphatic carbocycles. The number of amides is 1. The van der Waals surface area contributed by atoms with Crippen LogP contribution in [0.15, 0.2) is 30.5 Å². The van der Waals surface area contributed by atoms with Crippen molar-refractivity contribution < 1.29 is 9.90 Å². The molecule has 2 aliphatic rings. The highest BCUT2D eigenvalue weighted by Crippen LogP contribution is 2.27. The summed E-state index contributed by atoms with van der Waals surface area (Å²) in [6.07, 6.45) is 4.09. The van der Waals surface area contributed by atoms with Crippen molar-refractivity contribution in [1.29, 1.82) is 0 Å². The number of H-pyrrole nitrogens is 1. The molecule has 1 unspecified atom stereocenters. The highest BCUT2D eigenvalue weighted by molar-refractivity contribution is 5.86. The molecule has 2 aliphatic heterocycles. The van der Waals surface area contributed by atoms with E-state index in [2.05, 4.69) is 34.2 Å². The minimum absolute atomic E-state index is 0.136. The average molecular weight is 354 g/mol. The van der Waals surface area contributed by atoms with Crippen LogP contribution in [-0.2, 0) is 24.3 Å². The Labute approximate surface area is 153 Å². The zero-order valence-corrected chi connectivity index (χ0v) is 15.2. The number of aryl methyl sites for hydroxylation is 1. The molecule has 1 amide bonds. The first-order valence-corrected chi connectivity index (χ1v) is 9.34. The van der Waals surface area contributed by atoms with E-state index < -0.39 is 5.60 Å². The van der Waals surface area contributed by atoms with Crippen LogP contribution in [0, 0.1) is 6.92 Å². The van der Waals surface area contributed by atoms with Gasteiger partial charge in [-0.3, -0.25) is 14.8 Å². The van der Waals surface area contributed by atoms with Crippen LogP contribution in [0.2, 0.25) is 0 Å². The molecule has 1 saturated heterocycles. The SMILES string of the molecule is Cc1cccc(CN2CCCC(O)(CN3CCc4[nH]ncc4C3)C2=O)c1. The highest BCUT2D eigenvalue weighted by atomic mass is 16.3. The first kappa shape index (κ1) is 17.2. The number of hydrogen-bond donors (Lipinski definition) is 2. The highest BCUT2D eigenvalue weighted by Gasteiger charge is 2.43. The molecule has 6 heteroatoms. The maximum atomic E-state index is 13.0. The Hall–Kier alpha value is -2.18. The number of rotatable bonds is 4. The van der Waals surface area contributed by atoms with Crippen molar-refractivity contribution in [3.8, 4) is 0 Å². The minimum atomic E-state index is -1.29. The zero-order valence-electron chi connectivity index (χ0n) is 15.2.